The number of fused-ring (bicyclic) bond motifs is 3. The molecule has 9 nitrogen and oxygen atoms in total. The van der Waals surface area contributed by atoms with Crippen LogP contribution in [-0.2, 0) is 0 Å². The van der Waals surface area contributed by atoms with E-state index >= 15 is 0 Å². The molecule has 2 saturated heterocycles. The first-order chi connectivity index (χ1) is 15.6. The Morgan fingerprint density at radius 2 is 1.81 bits per heavy atom. The molecule has 2 atom stereocenters. The molecule has 0 saturated carbocycles. The lowest BCUT2D eigenvalue weighted by atomic mass is 10.1. The third-order valence-electron chi connectivity index (χ3n) is 6.67. The van der Waals surface area contributed by atoms with Crippen LogP contribution in [0.15, 0.2) is 59.7 Å². The minimum absolute atomic E-state index is 0.00153. The number of H-pyrrole nitrogens is 1. The predicted octanol–water partition coefficient (Wildman–Crippen LogP) is 2.01. The monoisotopic (exact) mass is 429 g/mol. The van der Waals surface area contributed by atoms with Crippen molar-refractivity contribution in [2.45, 2.75) is 31.8 Å². The summed E-state index contributed by atoms with van der Waals surface area (Å²) in [5.41, 5.74) is 2.62. The van der Waals surface area contributed by atoms with Gasteiger partial charge in [0.25, 0.3) is 11.5 Å². The first kappa shape index (κ1) is 18.9. The van der Waals surface area contributed by atoms with Crippen molar-refractivity contribution in [3.05, 3.63) is 76.5 Å². The summed E-state index contributed by atoms with van der Waals surface area (Å²) in [4.78, 5) is 33.1. The summed E-state index contributed by atoms with van der Waals surface area (Å²) in [6, 6.07) is 14.2. The van der Waals surface area contributed by atoms with Gasteiger partial charge >= 0.3 is 0 Å². The summed E-state index contributed by atoms with van der Waals surface area (Å²) in [5.74, 6) is 0.283. The topological polar surface area (TPSA) is 91.5 Å². The SMILES string of the molecule is Cc1c(C(=O)N2C3CCC2CN(c2ccccc2)C3)cnn1-c1nn2cccc2c(=O)[nH]1. The lowest BCUT2D eigenvalue weighted by Crippen LogP contribution is -2.56. The number of piperazine rings is 1. The summed E-state index contributed by atoms with van der Waals surface area (Å²) in [7, 11) is 0. The molecule has 6 rings (SSSR count). The Labute approximate surface area is 183 Å². The van der Waals surface area contributed by atoms with E-state index in [9.17, 15) is 9.59 Å². The molecule has 32 heavy (non-hydrogen) atoms. The van der Waals surface area contributed by atoms with Crippen LogP contribution >= 0.6 is 0 Å². The highest BCUT2D eigenvalue weighted by molar-refractivity contribution is 5.96. The highest BCUT2D eigenvalue weighted by atomic mass is 16.2. The highest BCUT2D eigenvalue weighted by Crippen LogP contribution is 2.34. The Morgan fingerprint density at radius 1 is 1.06 bits per heavy atom. The molecule has 4 aromatic rings. The van der Waals surface area contributed by atoms with Crippen molar-refractivity contribution in [1.29, 1.82) is 0 Å². The van der Waals surface area contributed by atoms with Gasteiger partial charge in [-0.15, -0.1) is 5.10 Å². The largest absolute Gasteiger partial charge is 0.367 e. The van der Waals surface area contributed by atoms with Crippen LogP contribution < -0.4 is 10.5 Å². The summed E-state index contributed by atoms with van der Waals surface area (Å²) in [6.45, 7) is 3.50. The molecule has 0 spiro atoms. The second-order valence-corrected chi connectivity index (χ2v) is 8.51. The number of aromatic amines is 1. The van der Waals surface area contributed by atoms with Gasteiger partial charge in [-0.3, -0.25) is 14.6 Å². The van der Waals surface area contributed by atoms with Crippen molar-refractivity contribution in [1.82, 2.24) is 29.3 Å². The van der Waals surface area contributed by atoms with Crippen LogP contribution in [0.2, 0.25) is 0 Å². The fraction of sp³-hybridized carbons (Fsp3) is 0.304. The number of aromatic nitrogens is 5. The average Bonchev–Trinajstić information content (AvgIpc) is 3.50. The molecule has 2 bridgehead atoms. The number of carbonyl (C=O) groups is 1. The third-order valence-corrected chi connectivity index (χ3v) is 6.67. The Kier molecular flexibility index (Phi) is 4.17. The molecule has 0 aliphatic carbocycles. The van der Waals surface area contributed by atoms with Gasteiger partial charge < -0.3 is 9.80 Å². The van der Waals surface area contributed by atoms with E-state index in [1.807, 2.05) is 17.9 Å². The van der Waals surface area contributed by atoms with E-state index in [0.717, 1.165) is 25.9 Å². The maximum atomic E-state index is 13.6. The predicted molar refractivity (Wildman–Crippen MR) is 119 cm³/mol. The number of para-hydroxylation sites is 1. The highest BCUT2D eigenvalue weighted by Gasteiger charge is 2.43. The van der Waals surface area contributed by atoms with E-state index in [2.05, 4.69) is 44.3 Å². The van der Waals surface area contributed by atoms with Crippen molar-refractivity contribution in [2.24, 2.45) is 0 Å². The van der Waals surface area contributed by atoms with Gasteiger partial charge in [-0.1, -0.05) is 18.2 Å². The minimum atomic E-state index is -0.252. The molecule has 3 aromatic heterocycles. The van der Waals surface area contributed by atoms with E-state index in [1.54, 1.807) is 24.5 Å². The Bertz CT molecular complexity index is 1360. The zero-order valence-corrected chi connectivity index (χ0v) is 17.7. The summed E-state index contributed by atoms with van der Waals surface area (Å²) < 4.78 is 3.04. The van der Waals surface area contributed by atoms with Gasteiger partial charge in [-0.2, -0.15) is 5.10 Å². The van der Waals surface area contributed by atoms with Gasteiger partial charge in [0.05, 0.1) is 17.5 Å². The Morgan fingerprint density at radius 3 is 2.56 bits per heavy atom. The molecule has 1 amide bonds. The van der Waals surface area contributed by atoms with Crippen molar-refractivity contribution >= 4 is 17.1 Å². The van der Waals surface area contributed by atoms with Gasteiger partial charge in [0.2, 0.25) is 5.95 Å². The van der Waals surface area contributed by atoms with Gasteiger partial charge in [0.15, 0.2) is 0 Å². The maximum absolute atomic E-state index is 13.6. The van der Waals surface area contributed by atoms with E-state index in [1.165, 1.54) is 14.9 Å². The van der Waals surface area contributed by atoms with Gasteiger partial charge in [0, 0.05) is 37.1 Å². The van der Waals surface area contributed by atoms with Crippen LogP contribution in [0.5, 0.6) is 0 Å². The Balaban J connectivity index is 1.29. The molecule has 5 heterocycles. The van der Waals surface area contributed by atoms with E-state index < -0.39 is 0 Å². The number of amides is 1. The first-order valence-corrected chi connectivity index (χ1v) is 10.9. The lowest BCUT2D eigenvalue weighted by molar-refractivity contribution is 0.0641. The average molecular weight is 429 g/mol. The molecule has 2 aliphatic rings. The molecule has 0 radical (unpaired) electrons. The second kappa shape index (κ2) is 7.08. The number of benzene rings is 1. The standard InChI is InChI=1S/C23H23N7O2/c1-15-19(12-24-30(15)23-25-21(31)20-8-5-11-28(20)26-23)22(32)29-17-9-10-18(29)14-27(13-17)16-6-3-2-4-7-16/h2-8,11-12,17-18H,9-10,13-14H2,1H3,(H,25,26,31). The number of nitrogens with zero attached hydrogens (tertiary/aromatic N) is 6. The molecule has 2 aliphatic heterocycles. The smallest absolute Gasteiger partial charge is 0.276 e. The molecular weight excluding hydrogens is 406 g/mol. The summed E-state index contributed by atoms with van der Waals surface area (Å²) >= 11 is 0. The number of anilines is 1. The van der Waals surface area contributed by atoms with Crippen LogP contribution in [-0.4, -0.2) is 60.4 Å². The molecular formula is C23H23N7O2. The van der Waals surface area contributed by atoms with E-state index in [4.69, 9.17) is 0 Å². The van der Waals surface area contributed by atoms with Crippen LogP contribution in [0.1, 0.15) is 28.9 Å². The van der Waals surface area contributed by atoms with Crippen LogP contribution in [0, 0.1) is 6.92 Å². The van der Waals surface area contributed by atoms with E-state index in [-0.39, 0.29) is 29.5 Å². The zero-order valence-electron chi connectivity index (χ0n) is 17.7. The van der Waals surface area contributed by atoms with Crippen molar-refractivity contribution in [3.8, 4) is 5.95 Å². The molecule has 1 N–H and O–H groups in total. The molecule has 2 fully saturated rings. The van der Waals surface area contributed by atoms with Gasteiger partial charge in [0.1, 0.15) is 5.52 Å². The van der Waals surface area contributed by atoms with Gasteiger partial charge in [-0.25, -0.2) is 9.20 Å². The quantitative estimate of drug-likeness (QED) is 0.538. The third kappa shape index (κ3) is 2.84. The first-order valence-electron chi connectivity index (χ1n) is 10.9. The number of hydrogen-bond donors (Lipinski definition) is 1. The molecule has 1 aromatic carbocycles. The van der Waals surface area contributed by atoms with Crippen molar-refractivity contribution in [2.75, 3.05) is 18.0 Å². The fourth-order valence-corrected chi connectivity index (χ4v) is 5.08. The Hall–Kier alpha value is -3.88. The minimum Gasteiger partial charge on any atom is -0.367 e. The summed E-state index contributed by atoms with van der Waals surface area (Å²) in [6.07, 6.45) is 5.31. The van der Waals surface area contributed by atoms with Crippen LogP contribution in [0.25, 0.3) is 11.5 Å². The number of carbonyl (C=O) groups excluding carboxylic acids is 1. The van der Waals surface area contributed by atoms with Gasteiger partial charge in [-0.05, 0) is 44.0 Å². The molecule has 9 heteroatoms. The van der Waals surface area contributed by atoms with Crippen molar-refractivity contribution < 1.29 is 4.79 Å². The fourth-order valence-electron chi connectivity index (χ4n) is 5.08. The van der Waals surface area contributed by atoms with Crippen LogP contribution in [0.4, 0.5) is 5.69 Å². The van der Waals surface area contributed by atoms with E-state index in [0.29, 0.717) is 16.8 Å². The number of hydrogen-bond acceptors (Lipinski definition) is 5. The molecule has 2 unspecified atom stereocenters. The van der Waals surface area contributed by atoms with Crippen molar-refractivity contribution in [3.63, 3.8) is 0 Å². The molecule has 162 valence electrons. The van der Waals surface area contributed by atoms with Crippen LogP contribution in [0.3, 0.4) is 0 Å². The number of nitrogens with one attached hydrogen (secondary N) is 1. The summed E-state index contributed by atoms with van der Waals surface area (Å²) in [5, 5.41) is 8.81. The zero-order chi connectivity index (χ0) is 21.8. The number of rotatable bonds is 3. The normalized spacial score (nSPS) is 20.3. The second-order valence-electron chi connectivity index (χ2n) is 8.51. The maximum Gasteiger partial charge on any atom is 0.276 e. The lowest BCUT2D eigenvalue weighted by Gasteiger charge is -2.42.